The summed E-state index contributed by atoms with van der Waals surface area (Å²) in [6.45, 7) is 6.55. The smallest absolute Gasteiger partial charge is 0.125 e. The maximum Gasteiger partial charge on any atom is 0.125 e. The van der Waals surface area contributed by atoms with Crippen LogP contribution < -0.4 is 9.47 Å². The first-order valence-corrected chi connectivity index (χ1v) is 8.88. The van der Waals surface area contributed by atoms with Crippen molar-refractivity contribution in [3.8, 4) is 17.2 Å². The number of benzene rings is 2. The summed E-state index contributed by atoms with van der Waals surface area (Å²) in [6, 6.07) is 14.0. The number of halogens is 1. The second-order valence-electron chi connectivity index (χ2n) is 5.95. The van der Waals surface area contributed by atoms with E-state index in [4.69, 9.17) is 9.47 Å². The molecule has 0 aliphatic rings. The molecule has 0 unspecified atom stereocenters. The Morgan fingerprint density at radius 3 is 2.44 bits per heavy atom. The lowest BCUT2D eigenvalue weighted by Gasteiger charge is -2.13. The van der Waals surface area contributed by atoms with E-state index in [1.807, 2.05) is 61.9 Å². The normalized spacial score (nSPS) is 10.8. The maximum absolute atomic E-state index is 6.00. The van der Waals surface area contributed by atoms with Gasteiger partial charge in [-0.1, -0.05) is 18.2 Å². The standard InChI is InChI=1S/C20H21BrN2O2/c1-13-11-17(23-15(3)20(21)14(2)22-23)9-10-18(13)25-12-16-7-5-6-8-19(16)24-4/h5-11H,12H2,1-4H3. The molecule has 0 saturated carbocycles. The molecule has 2 aromatic carbocycles. The van der Waals surface area contributed by atoms with Gasteiger partial charge >= 0.3 is 0 Å². The van der Waals surface area contributed by atoms with Gasteiger partial charge < -0.3 is 9.47 Å². The largest absolute Gasteiger partial charge is 0.496 e. The summed E-state index contributed by atoms with van der Waals surface area (Å²) >= 11 is 3.57. The van der Waals surface area contributed by atoms with Gasteiger partial charge in [0.1, 0.15) is 18.1 Å². The van der Waals surface area contributed by atoms with Crippen molar-refractivity contribution in [3.05, 3.63) is 69.5 Å². The van der Waals surface area contributed by atoms with Gasteiger partial charge in [-0.15, -0.1) is 0 Å². The third kappa shape index (κ3) is 3.56. The average Bonchev–Trinajstić information content (AvgIpc) is 2.88. The molecule has 4 nitrogen and oxygen atoms in total. The molecular formula is C20H21BrN2O2. The van der Waals surface area contributed by atoms with Crippen molar-refractivity contribution in [3.63, 3.8) is 0 Å². The molecule has 130 valence electrons. The fourth-order valence-corrected chi connectivity index (χ4v) is 3.03. The maximum atomic E-state index is 6.00. The van der Waals surface area contributed by atoms with E-state index < -0.39 is 0 Å². The molecule has 3 rings (SSSR count). The Hall–Kier alpha value is -2.27. The van der Waals surface area contributed by atoms with Crippen molar-refractivity contribution in [2.75, 3.05) is 7.11 Å². The fraction of sp³-hybridized carbons (Fsp3) is 0.250. The van der Waals surface area contributed by atoms with Gasteiger partial charge in [-0.05, 0) is 66.5 Å². The van der Waals surface area contributed by atoms with Crippen LogP contribution in [0.5, 0.6) is 11.5 Å². The van der Waals surface area contributed by atoms with E-state index in [1.54, 1.807) is 7.11 Å². The summed E-state index contributed by atoms with van der Waals surface area (Å²) in [5, 5.41) is 4.58. The summed E-state index contributed by atoms with van der Waals surface area (Å²) in [5.41, 5.74) is 5.17. The van der Waals surface area contributed by atoms with Crippen molar-refractivity contribution >= 4 is 15.9 Å². The number of aryl methyl sites for hydroxylation is 2. The number of nitrogens with zero attached hydrogens (tertiary/aromatic N) is 2. The minimum absolute atomic E-state index is 0.468. The van der Waals surface area contributed by atoms with Crippen LogP contribution in [-0.2, 0) is 6.61 Å². The molecule has 0 bridgehead atoms. The van der Waals surface area contributed by atoms with Crippen LogP contribution in [0, 0.1) is 20.8 Å². The molecule has 0 aliphatic carbocycles. The number of para-hydroxylation sites is 1. The summed E-state index contributed by atoms with van der Waals surface area (Å²) in [5.74, 6) is 1.69. The molecular weight excluding hydrogens is 380 g/mol. The Bertz CT molecular complexity index is 903. The highest BCUT2D eigenvalue weighted by atomic mass is 79.9. The van der Waals surface area contributed by atoms with Gasteiger partial charge in [0, 0.05) is 5.56 Å². The number of ether oxygens (including phenoxy) is 2. The summed E-state index contributed by atoms with van der Waals surface area (Å²) in [7, 11) is 1.67. The second-order valence-corrected chi connectivity index (χ2v) is 6.74. The molecule has 1 aromatic heterocycles. The van der Waals surface area contributed by atoms with Crippen molar-refractivity contribution in [2.45, 2.75) is 27.4 Å². The van der Waals surface area contributed by atoms with E-state index in [2.05, 4.69) is 27.1 Å². The first-order valence-electron chi connectivity index (χ1n) is 8.08. The van der Waals surface area contributed by atoms with E-state index in [0.717, 1.165) is 44.2 Å². The van der Waals surface area contributed by atoms with Crippen molar-refractivity contribution < 1.29 is 9.47 Å². The van der Waals surface area contributed by atoms with Crippen LogP contribution in [0.3, 0.4) is 0 Å². The van der Waals surface area contributed by atoms with E-state index in [0.29, 0.717) is 6.61 Å². The molecule has 0 amide bonds. The van der Waals surface area contributed by atoms with Crippen molar-refractivity contribution in [1.29, 1.82) is 0 Å². The molecule has 0 atom stereocenters. The van der Waals surface area contributed by atoms with Gasteiger partial charge in [0.25, 0.3) is 0 Å². The lowest BCUT2D eigenvalue weighted by molar-refractivity contribution is 0.295. The Morgan fingerprint density at radius 1 is 1.04 bits per heavy atom. The van der Waals surface area contributed by atoms with E-state index >= 15 is 0 Å². The molecule has 0 saturated heterocycles. The molecule has 3 aromatic rings. The van der Waals surface area contributed by atoms with Crippen molar-refractivity contribution in [1.82, 2.24) is 9.78 Å². The highest BCUT2D eigenvalue weighted by molar-refractivity contribution is 9.10. The molecule has 0 spiro atoms. The van der Waals surface area contributed by atoms with Crippen LogP contribution in [0.2, 0.25) is 0 Å². The quantitative estimate of drug-likeness (QED) is 0.594. The minimum Gasteiger partial charge on any atom is -0.496 e. The summed E-state index contributed by atoms with van der Waals surface area (Å²) in [4.78, 5) is 0. The molecule has 5 heteroatoms. The fourth-order valence-electron chi connectivity index (χ4n) is 2.78. The zero-order valence-electron chi connectivity index (χ0n) is 14.8. The van der Waals surface area contributed by atoms with E-state index in [1.165, 1.54) is 0 Å². The third-order valence-corrected chi connectivity index (χ3v) is 5.33. The van der Waals surface area contributed by atoms with Crippen LogP contribution in [0.1, 0.15) is 22.5 Å². The molecule has 1 heterocycles. The Labute approximate surface area is 156 Å². The summed E-state index contributed by atoms with van der Waals surface area (Å²) in [6.07, 6.45) is 0. The van der Waals surface area contributed by atoms with Crippen LogP contribution in [0.4, 0.5) is 0 Å². The van der Waals surface area contributed by atoms with Gasteiger partial charge in [0.2, 0.25) is 0 Å². The zero-order chi connectivity index (χ0) is 18.0. The number of hydrogen-bond acceptors (Lipinski definition) is 3. The topological polar surface area (TPSA) is 36.3 Å². The van der Waals surface area contributed by atoms with Gasteiger partial charge in [-0.3, -0.25) is 0 Å². The second kappa shape index (κ2) is 7.31. The Balaban J connectivity index is 1.81. The average molecular weight is 401 g/mol. The molecule has 0 N–H and O–H groups in total. The Kier molecular flexibility index (Phi) is 5.13. The predicted octanol–water partition coefficient (Wildman–Crippen LogP) is 5.15. The van der Waals surface area contributed by atoms with Crippen LogP contribution in [-0.4, -0.2) is 16.9 Å². The molecule has 0 aliphatic heterocycles. The van der Waals surface area contributed by atoms with Gasteiger partial charge in [-0.25, -0.2) is 4.68 Å². The number of rotatable bonds is 5. The van der Waals surface area contributed by atoms with Crippen molar-refractivity contribution in [2.24, 2.45) is 0 Å². The first-order chi connectivity index (χ1) is 12.0. The number of methoxy groups -OCH3 is 1. The van der Waals surface area contributed by atoms with Crippen LogP contribution in [0.15, 0.2) is 46.9 Å². The van der Waals surface area contributed by atoms with E-state index in [9.17, 15) is 0 Å². The highest BCUT2D eigenvalue weighted by Crippen LogP contribution is 2.27. The van der Waals surface area contributed by atoms with Crippen LogP contribution in [0.25, 0.3) is 5.69 Å². The SMILES string of the molecule is COc1ccccc1COc1ccc(-n2nc(C)c(Br)c2C)cc1C. The zero-order valence-corrected chi connectivity index (χ0v) is 16.4. The lowest BCUT2D eigenvalue weighted by Crippen LogP contribution is -2.02. The number of hydrogen-bond donors (Lipinski definition) is 0. The third-order valence-electron chi connectivity index (χ3n) is 4.18. The Morgan fingerprint density at radius 2 is 1.80 bits per heavy atom. The highest BCUT2D eigenvalue weighted by Gasteiger charge is 2.12. The molecule has 0 fully saturated rings. The van der Waals surface area contributed by atoms with Gasteiger partial charge in [0.05, 0.1) is 28.7 Å². The number of aromatic nitrogens is 2. The minimum atomic E-state index is 0.468. The van der Waals surface area contributed by atoms with Gasteiger partial charge in [-0.2, -0.15) is 5.10 Å². The summed E-state index contributed by atoms with van der Waals surface area (Å²) < 4.78 is 14.4. The van der Waals surface area contributed by atoms with Gasteiger partial charge in [0.15, 0.2) is 0 Å². The van der Waals surface area contributed by atoms with Crippen LogP contribution >= 0.6 is 15.9 Å². The lowest BCUT2D eigenvalue weighted by atomic mass is 10.2. The monoisotopic (exact) mass is 400 g/mol. The molecule has 25 heavy (non-hydrogen) atoms. The predicted molar refractivity (Wildman–Crippen MR) is 103 cm³/mol. The first kappa shape index (κ1) is 17.5. The van der Waals surface area contributed by atoms with E-state index in [-0.39, 0.29) is 0 Å². The molecule has 0 radical (unpaired) electrons.